The van der Waals surface area contributed by atoms with Crippen LogP contribution in [-0.4, -0.2) is 78.5 Å². The highest BCUT2D eigenvalue weighted by molar-refractivity contribution is 5.78. The van der Waals surface area contributed by atoms with Crippen LogP contribution in [0.1, 0.15) is 32.3 Å². The average Bonchev–Trinajstić information content (AvgIpc) is 2.71. The summed E-state index contributed by atoms with van der Waals surface area (Å²) in [6.45, 7) is 6.73. The van der Waals surface area contributed by atoms with Crippen LogP contribution < -0.4 is 0 Å². The molecule has 7 nitrogen and oxygen atoms in total. The zero-order valence-electron chi connectivity index (χ0n) is 16.9. The molecule has 7 heteroatoms. The molecule has 1 aliphatic heterocycles. The Labute approximate surface area is 167 Å². The molecule has 0 unspecified atom stereocenters. The van der Waals surface area contributed by atoms with E-state index in [2.05, 4.69) is 12.1 Å². The number of rotatable bonds is 8. The van der Waals surface area contributed by atoms with Gasteiger partial charge in [0.25, 0.3) is 0 Å². The van der Waals surface area contributed by atoms with Crippen molar-refractivity contribution in [1.29, 1.82) is 0 Å². The highest BCUT2D eigenvalue weighted by atomic mass is 16.6. The lowest BCUT2D eigenvalue weighted by atomic mass is 10.1. The van der Waals surface area contributed by atoms with Gasteiger partial charge in [-0.25, -0.2) is 4.79 Å². The van der Waals surface area contributed by atoms with Gasteiger partial charge >= 0.3 is 6.09 Å². The van der Waals surface area contributed by atoms with E-state index in [1.54, 1.807) is 28.5 Å². The third-order valence-corrected chi connectivity index (χ3v) is 4.94. The molecule has 3 amide bonds. The summed E-state index contributed by atoms with van der Waals surface area (Å²) in [6, 6.07) is 10.2. The maximum atomic E-state index is 12.5. The van der Waals surface area contributed by atoms with Crippen LogP contribution in [0.5, 0.6) is 0 Å². The minimum Gasteiger partial charge on any atom is -0.450 e. The molecular formula is C21H31N3O4. The normalized spacial score (nSPS) is 13.9. The number of hydrogen-bond acceptors (Lipinski definition) is 4. The highest BCUT2D eigenvalue weighted by Gasteiger charge is 2.25. The van der Waals surface area contributed by atoms with E-state index in [4.69, 9.17) is 4.74 Å². The van der Waals surface area contributed by atoms with E-state index in [9.17, 15) is 14.4 Å². The van der Waals surface area contributed by atoms with Gasteiger partial charge in [-0.1, -0.05) is 30.3 Å². The van der Waals surface area contributed by atoms with E-state index < -0.39 is 0 Å². The summed E-state index contributed by atoms with van der Waals surface area (Å²) in [5.74, 6) is 0.0193. The number of carbonyl (C=O) groups excluding carboxylic acids is 3. The van der Waals surface area contributed by atoms with Gasteiger partial charge < -0.3 is 19.4 Å². The van der Waals surface area contributed by atoms with Crippen molar-refractivity contribution in [1.82, 2.24) is 14.7 Å². The number of hydrogen-bond donors (Lipinski definition) is 0. The summed E-state index contributed by atoms with van der Waals surface area (Å²) < 4.78 is 4.99. The first-order chi connectivity index (χ1) is 13.5. The number of benzene rings is 1. The Morgan fingerprint density at radius 1 is 1.00 bits per heavy atom. The molecule has 0 N–H and O–H groups in total. The quantitative estimate of drug-likeness (QED) is 0.683. The number of ether oxygens (including phenoxy) is 1. The Hall–Kier alpha value is -2.57. The largest absolute Gasteiger partial charge is 0.450 e. The molecule has 0 aromatic heterocycles. The fourth-order valence-corrected chi connectivity index (χ4v) is 3.29. The van der Waals surface area contributed by atoms with Crippen LogP contribution in [-0.2, 0) is 20.7 Å². The first-order valence-corrected chi connectivity index (χ1v) is 10.00. The van der Waals surface area contributed by atoms with Gasteiger partial charge in [-0.2, -0.15) is 0 Å². The molecule has 0 bridgehead atoms. The molecule has 1 saturated heterocycles. The van der Waals surface area contributed by atoms with Crippen molar-refractivity contribution in [3.8, 4) is 0 Å². The van der Waals surface area contributed by atoms with E-state index in [0.717, 1.165) is 12.8 Å². The average molecular weight is 389 g/mol. The fraction of sp³-hybridized carbons (Fsp3) is 0.571. The Kier molecular flexibility index (Phi) is 8.78. The molecule has 1 aliphatic rings. The van der Waals surface area contributed by atoms with E-state index in [1.165, 1.54) is 5.56 Å². The van der Waals surface area contributed by atoms with Crippen LogP contribution in [0.25, 0.3) is 0 Å². The van der Waals surface area contributed by atoms with Crippen LogP contribution in [0.3, 0.4) is 0 Å². The van der Waals surface area contributed by atoms with Gasteiger partial charge in [-0.05, 0) is 25.3 Å². The van der Waals surface area contributed by atoms with Crippen molar-refractivity contribution >= 4 is 17.9 Å². The van der Waals surface area contributed by atoms with Gasteiger partial charge in [0.05, 0.1) is 6.61 Å². The molecule has 0 atom stereocenters. The van der Waals surface area contributed by atoms with Crippen LogP contribution in [0.15, 0.2) is 30.3 Å². The lowest BCUT2D eigenvalue weighted by Crippen LogP contribution is -2.51. The van der Waals surface area contributed by atoms with Crippen molar-refractivity contribution in [2.45, 2.75) is 33.1 Å². The van der Waals surface area contributed by atoms with Crippen molar-refractivity contribution in [2.75, 3.05) is 45.9 Å². The fourth-order valence-electron chi connectivity index (χ4n) is 3.29. The molecule has 28 heavy (non-hydrogen) atoms. The standard InChI is InChI=1S/C21H31N3O4/c1-3-28-21(27)24-16-14-23(15-17-24)20(26)11-13-22(18(2)25)12-7-10-19-8-5-4-6-9-19/h4-6,8-9H,3,7,10-17H2,1-2H3. The lowest BCUT2D eigenvalue weighted by molar-refractivity contribution is -0.134. The van der Waals surface area contributed by atoms with E-state index in [0.29, 0.717) is 52.3 Å². The van der Waals surface area contributed by atoms with Gasteiger partial charge in [0, 0.05) is 52.6 Å². The Morgan fingerprint density at radius 2 is 1.64 bits per heavy atom. The zero-order valence-corrected chi connectivity index (χ0v) is 16.9. The molecule has 154 valence electrons. The minimum absolute atomic E-state index is 0.00649. The maximum Gasteiger partial charge on any atom is 0.409 e. The van der Waals surface area contributed by atoms with Crippen molar-refractivity contribution in [3.05, 3.63) is 35.9 Å². The van der Waals surface area contributed by atoms with Crippen LogP contribution >= 0.6 is 0 Å². The molecule has 0 saturated carbocycles. The molecule has 1 fully saturated rings. The van der Waals surface area contributed by atoms with Crippen molar-refractivity contribution < 1.29 is 19.1 Å². The third-order valence-electron chi connectivity index (χ3n) is 4.94. The smallest absolute Gasteiger partial charge is 0.409 e. The second kappa shape index (κ2) is 11.3. The number of piperazine rings is 1. The predicted molar refractivity (Wildman–Crippen MR) is 107 cm³/mol. The molecule has 0 radical (unpaired) electrons. The van der Waals surface area contributed by atoms with E-state index in [-0.39, 0.29) is 17.9 Å². The Bertz CT molecular complexity index is 642. The number of amides is 3. The van der Waals surface area contributed by atoms with Crippen molar-refractivity contribution in [2.24, 2.45) is 0 Å². The van der Waals surface area contributed by atoms with Gasteiger partial charge in [-0.3, -0.25) is 9.59 Å². The molecular weight excluding hydrogens is 358 g/mol. The molecule has 1 aromatic rings. The highest BCUT2D eigenvalue weighted by Crippen LogP contribution is 2.08. The monoisotopic (exact) mass is 389 g/mol. The molecule has 2 rings (SSSR count). The second-order valence-electron chi connectivity index (χ2n) is 6.91. The van der Waals surface area contributed by atoms with Crippen LogP contribution in [0.4, 0.5) is 4.79 Å². The minimum atomic E-state index is -0.323. The summed E-state index contributed by atoms with van der Waals surface area (Å²) in [7, 11) is 0. The molecule has 0 aliphatic carbocycles. The summed E-state index contributed by atoms with van der Waals surface area (Å²) >= 11 is 0. The van der Waals surface area contributed by atoms with Gasteiger partial charge in [0.2, 0.25) is 11.8 Å². The van der Waals surface area contributed by atoms with E-state index in [1.807, 2.05) is 18.2 Å². The molecule has 1 aromatic carbocycles. The number of carbonyl (C=O) groups is 3. The van der Waals surface area contributed by atoms with Gasteiger partial charge in [0.15, 0.2) is 0 Å². The predicted octanol–water partition coefficient (Wildman–Crippen LogP) is 2.16. The number of nitrogens with zero attached hydrogens (tertiary/aromatic N) is 3. The van der Waals surface area contributed by atoms with Gasteiger partial charge in [0.1, 0.15) is 0 Å². The summed E-state index contributed by atoms with van der Waals surface area (Å²) in [4.78, 5) is 41.2. The second-order valence-corrected chi connectivity index (χ2v) is 6.91. The first kappa shape index (κ1) is 21.7. The maximum absolute atomic E-state index is 12.5. The molecule has 1 heterocycles. The molecule has 0 spiro atoms. The summed E-state index contributed by atoms with van der Waals surface area (Å²) in [6.07, 6.45) is 1.77. The Morgan fingerprint density at radius 3 is 2.25 bits per heavy atom. The third kappa shape index (κ3) is 6.87. The SMILES string of the molecule is CCOC(=O)N1CCN(C(=O)CCN(CCCc2ccccc2)C(C)=O)CC1. The Balaban J connectivity index is 1.71. The van der Waals surface area contributed by atoms with Crippen molar-refractivity contribution in [3.63, 3.8) is 0 Å². The van der Waals surface area contributed by atoms with Crippen LogP contribution in [0.2, 0.25) is 0 Å². The summed E-state index contributed by atoms with van der Waals surface area (Å²) in [5.41, 5.74) is 1.25. The topological polar surface area (TPSA) is 70.2 Å². The summed E-state index contributed by atoms with van der Waals surface area (Å²) in [5, 5.41) is 0. The zero-order chi connectivity index (χ0) is 20.4. The first-order valence-electron chi connectivity index (χ1n) is 10.00. The lowest BCUT2D eigenvalue weighted by Gasteiger charge is -2.34. The van der Waals surface area contributed by atoms with Gasteiger partial charge in [-0.15, -0.1) is 0 Å². The van der Waals surface area contributed by atoms with Crippen LogP contribution in [0, 0.1) is 0 Å². The van der Waals surface area contributed by atoms with E-state index >= 15 is 0 Å². The number of aryl methyl sites for hydroxylation is 1.